The summed E-state index contributed by atoms with van der Waals surface area (Å²) in [5.74, 6) is 0. The molecule has 0 aliphatic rings. The number of hydrogen-bond acceptors (Lipinski definition) is 3. The highest BCUT2D eigenvalue weighted by Gasteiger charge is 2.21. The van der Waals surface area contributed by atoms with Gasteiger partial charge in [0.05, 0.1) is 45.9 Å². The van der Waals surface area contributed by atoms with Gasteiger partial charge in [-0.1, -0.05) is 109 Å². The lowest BCUT2D eigenvalue weighted by Gasteiger charge is -2.19. The second-order valence-corrected chi connectivity index (χ2v) is 12.6. The first kappa shape index (κ1) is 29.7. The Morgan fingerprint density at radius 2 is 0.902 bits per heavy atom. The average Bonchev–Trinajstić information content (AvgIpc) is 3.53. The third kappa shape index (κ3) is 4.66. The van der Waals surface area contributed by atoms with E-state index in [1.54, 1.807) is 0 Å². The van der Waals surface area contributed by atoms with E-state index in [4.69, 9.17) is 0 Å². The molecule has 0 N–H and O–H groups in total. The molecule has 0 amide bonds. The standard InChI is InChI=1S/C47H26N4/c48-27-30-18-23-45-43(24-30)36-12-8-9-17-44(36)51(45)35-21-19-31(20-22-35)41-25-34(29-50)42(26-33(41)28-49)47-39-15-6-4-13-37(39)46(32-10-2-1-3-11-32)38-14-5-7-16-40(38)47/h1-26H. The maximum atomic E-state index is 10.6. The molecule has 0 saturated heterocycles. The van der Waals surface area contributed by atoms with Crippen LogP contribution in [0.1, 0.15) is 16.7 Å². The maximum Gasteiger partial charge on any atom is 0.0998 e. The monoisotopic (exact) mass is 646 g/mol. The lowest BCUT2D eigenvalue weighted by Crippen LogP contribution is -1.96. The lowest BCUT2D eigenvalue weighted by molar-refractivity contribution is 1.18. The Morgan fingerprint density at radius 3 is 1.53 bits per heavy atom. The van der Waals surface area contributed by atoms with Crippen LogP contribution in [0.5, 0.6) is 0 Å². The molecule has 0 radical (unpaired) electrons. The Balaban J connectivity index is 1.22. The summed E-state index contributed by atoms with van der Waals surface area (Å²) >= 11 is 0. The van der Waals surface area contributed by atoms with Crippen LogP contribution < -0.4 is 0 Å². The number of para-hydroxylation sites is 1. The van der Waals surface area contributed by atoms with Crippen LogP contribution in [0.2, 0.25) is 0 Å². The predicted octanol–water partition coefficient (Wildman–Crippen LogP) is 11.7. The molecule has 0 aliphatic heterocycles. The van der Waals surface area contributed by atoms with Crippen LogP contribution >= 0.6 is 0 Å². The van der Waals surface area contributed by atoms with Crippen LogP contribution in [-0.2, 0) is 0 Å². The Kier molecular flexibility index (Phi) is 6.93. The van der Waals surface area contributed by atoms with Gasteiger partial charge in [-0.3, -0.25) is 0 Å². The van der Waals surface area contributed by atoms with Crippen molar-refractivity contribution >= 4 is 43.4 Å². The summed E-state index contributed by atoms with van der Waals surface area (Å²) in [5, 5.41) is 37.1. The number of fused-ring (bicyclic) bond motifs is 5. The van der Waals surface area contributed by atoms with Crippen molar-refractivity contribution in [1.82, 2.24) is 4.57 Å². The van der Waals surface area contributed by atoms with Crippen molar-refractivity contribution in [2.24, 2.45) is 0 Å². The van der Waals surface area contributed by atoms with Crippen molar-refractivity contribution in [3.63, 3.8) is 0 Å². The zero-order valence-corrected chi connectivity index (χ0v) is 27.3. The SMILES string of the molecule is N#Cc1ccc2c(c1)c1ccccc1n2-c1ccc(-c2cc(C#N)c(-c3c4ccccc4c(-c4ccccc4)c4ccccc34)cc2C#N)cc1. The van der Waals surface area contributed by atoms with Gasteiger partial charge in [-0.05, 0) is 92.3 Å². The second-order valence-electron chi connectivity index (χ2n) is 12.6. The number of benzene rings is 8. The molecule has 0 spiro atoms. The average molecular weight is 647 g/mol. The molecule has 1 heterocycles. The van der Waals surface area contributed by atoms with Crippen LogP contribution in [0.25, 0.3) is 82.4 Å². The van der Waals surface area contributed by atoms with Crippen molar-refractivity contribution in [2.45, 2.75) is 0 Å². The molecule has 0 saturated carbocycles. The van der Waals surface area contributed by atoms with Crippen LogP contribution in [0.3, 0.4) is 0 Å². The van der Waals surface area contributed by atoms with E-state index in [-0.39, 0.29) is 0 Å². The maximum absolute atomic E-state index is 10.6. The molecule has 0 atom stereocenters. The molecule has 234 valence electrons. The first-order valence-electron chi connectivity index (χ1n) is 16.7. The number of rotatable bonds is 4. The zero-order chi connectivity index (χ0) is 34.5. The normalized spacial score (nSPS) is 11.1. The van der Waals surface area contributed by atoms with Gasteiger partial charge < -0.3 is 4.57 Å². The van der Waals surface area contributed by atoms with Crippen molar-refractivity contribution in [2.75, 3.05) is 0 Å². The minimum Gasteiger partial charge on any atom is -0.309 e. The molecule has 8 aromatic carbocycles. The van der Waals surface area contributed by atoms with Gasteiger partial charge in [0.2, 0.25) is 0 Å². The molecule has 1 aromatic heterocycles. The van der Waals surface area contributed by atoms with E-state index < -0.39 is 0 Å². The summed E-state index contributed by atoms with van der Waals surface area (Å²) in [7, 11) is 0. The van der Waals surface area contributed by atoms with E-state index >= 15 is 0 Å². The van der Waals surface area contributed by atoms with Gasteiger partial charge >= 0.3 is 0 Å². The quantitative estimate of drug-likeness (QED) is 0.179. The Morgan fingerprint density at radius 1 is 0.373 bits per heavy atom. The van der Waals surface area contributed by atoms with E-state index in [0.717, 1.165) is 76.9 Å². The van der Waals surface area contributed by atoms with Crippen LogP contribution in [0.4, 0.5) is 0 Å². The Bertz CT molecular complexity index is 2930. The fourth-order valence-electron chi connectivity index (χ4n) is 7.68. The third-order valence-electron chi connectivity index (χ3n) is 9.90. The molecule has 0 unspecified atom stereocenters. The van der Waals surface area contributed by atoms with Crippen molar-refractivity contribution in [3.8, 4) is 57.3 Å². The Labute approximate surface area is 294 Å². The number of nitriles is 3. The molecule has 9 rings (SSSR count). The van der Waals surface area contributed by atoms with Gasteiger partial charge in [0, 0.05) is 27.6 Å². The molecule has 0 fully saturated rings. The van der Waals surface area contributed by atoms with Crippen LogP contribution in [0, 0.1) is 34.0 Å². The van der Waals surface area contributed by atoms with E-state index in [1.807, 2.05) is 84.9 Å². The summed E-state index contributed by atoms with van der Waals surface area (Å²) in [4.78, 5) is 0. The predicted molar refractivity (Wildman–Crippen MR) is 206 cm³/mol. The fourth-order valence-corrected chi connectivity index (χ4v) is 7.68. The third-order valence-corrected chi connectivity index (χ3v) is 9.90. The molecule has 0 bridgehead atoms. The van der Waals surface area contributed by atoms with Crippen LogP contribution in [0.15, 0.2) is 158 Å². The molecule has 0 aliphatic carbocycles. The van der Waals surface area contributed by atoms with Gasteiger partial charge in [0.1, 0.15) is 0 Å². The highest BCUT2D eigenvalue weighted by molar-refractivity contribution is 6.22. The summed E-state index contributed by atoms with van der Waals surface area (Å²) in [5.41, 5.74) is 10.2. The topological polar surface area (TPSA) is 76.3 Å². The minimum absolute atomic E-state index is 0.498. The fraction of sp³-hybridized carbons (Fsp3) is 0. The van der Waals surface area contributed by atoms with Gasteiger partial charge in [0.15, 0.2) is 0 Å². The minimum atomic E-state index is 0.498. The lowest BCUT2D eigenvalue weighted by atomic mass is 9.83. The summed E-state index contributed by atoms with van der Waals surface area (Å²) in [6.07, 6.45) is 0. The molecular formula is C47H26N4. The summed E-state index contributed by atoms with van der Waals surface area (Å²) < 4.78 is 2.19. The molecule has 51 heavy (non-hydrogen) atoms. The number of hydrogen-bond donors (Lipinski definition) is 0. The highest BCUT2D eigenvalue weighted by Crippen LogP contribution is 2.45. The van der Waals surface area contributed by atoms with E-state index in [2.05, 4.69) is 95.6 Å². The summed E-state index contributed by atoms with van der Waals surface area (Å²) in [6, 6.07) is 60.1. The largest absolute Gasteiger partial charge is 0.309 e. The molecule has 4 heteroatoms. The van der Waals surface area contributed by atoms with Gasteiger partial charge in [-0.25, -0.2) is 0 Å². The molecule has 9 aromatic rings. The smallest absolute Gasteiger partial charge is 0.0998 e. The molecular weight excluding hydrogens is 621 g/mol. The highest BCUT2D eigenvalue weighted by atomic mass is 15.0. The van der Waals surface area contributed by atoms with Crippen molar-refractivity contribution in [1.29, 1.82) is 15.8 Å². The van der Waals surface area contributed by atoms with Crippen molar-refractivity contribution in [3.05, 3.63) is 174 Å². The first-order chi connectivity index (χ1) is 25.2. The summed E-state index contributed by atoms with van der Waals surface area (Å²) in [6.45, 7) is 0. The van der Waals surface area contributed by atoms with Gasteiger partial charge in [-0.2, -0.15) is 15.8 Å². The van der Waals surface area contributed by atoms with E-state index in [9.17, 15) is 15.8 Å². The van der Waals surface area contributed by atoms with Gasteiger partial charge in [0.25, 0.3) is 0 Å². The number of aromatic nitrogens is 1. The van der Waals surface area contributed by atoms with Crippen LogP contribution in [-0.4, -0.2) is 4.57 Å². The number of nitrogens with zero attached hydrogens (tertiary/aromatic N) is 4. The van der Waals surface area contributed by atoms with Crippen molar-refractivity contribution < 1.29 is 0 Å². The van der Waals surface area contributed by atoms with Gasteiger partial charge in [-0.15, -0.1) is 0 Å². The molecule has 4 nitrogen and oxygen atoms in total. The van der Waals surface area contributed by atoms with E-state index in [0.29, 0.717) is 22.3 Å². The Hall–Kier alpha value is -7.45. The second kappa shape index (κ2) is 11.9. The zero-order valence-electron chi connectivity index (χ0n) is 27.3. The first-order valence-corrected chi connectivity index (χ1v) is 16.7. The van der Waals surface area contributed by atoms with E-state index in [1.165, 1.54) is 0 Å².